The maximum atomic E-state index is 14.4. The normalized spacial score (nSPS) is 23.0. The highest BCUT2D eigenvalue weighted by atomic mass is 19.1. The molecular formula is C17H24FNO3. The van der Waals surface area contributed by atoms with Crippen LogP contribution in [-0.4, -0.2) is 23.4 Å². The summed E-state index contributed by atoms with van der Waals surface area (Å²) in [5.41, 5.74) is -0.428. The van der Waals surface area contributed by atoms with Crippen LogP contribution in [0.3, 0.4) is 0 Å². The van der Waals surface area contributed by atoms with E-state index < -0.39 is 22.9 Å². The number of rotatable bonds is 3. The molecule has 1 aromatic rings. The van der Waals surface area contributed by atoms with Crippen LogP contribution < -0.4 is 5.32 Å². The summed E-state index contributed by atoms with van der Waals surface area (Å²) in [4.78, 5) is 11.7. The van der Waals surface area contributed by atoms with Gasteiger partial charge in [0.05, 0.1) is 6.61 Å². The van der Waals surface area contributed by atoms with E-state index in [1.165, 1.54) is 6.07 Å². The number of hydrogen-bond acceptors (Lipinski definition) is 3. The Labute approximate surface area is 130 Å². The highest BCUT2D eigenvalue weighted by molar-refractivity contribution is 5.84. The van der Waals surface area contributed by atoms with Gasteiger partial charge in [-0.05, 0) is 50.3 Å². The van der Waals surface area contributed by atoms with Gasteiger partial charge in [0, 0.05) is 11.1 Å². The van der Waals surface area contributed by atoms with E-state index in [1.807, 2.05) is 13.8 Å². The molecule has 122 valence electrons. The predicted octanol–water partition coefficient (Wildman–Crippen LogP) is 3.83. The summed E-state index contributed by atoms with van der Waals surface area (Å²) in [5, 5.41) is 12.2. The Kier molecular flexibility index (Phi) is 3.98. The third-order valence-corrected chi connectivity index (χ3v) is 4.31. The van der Waals surface area contributed by atoms with E-state index in [9.17, 15) is 14.3 Å². The van der Waals surface area contributed by atoms with Crippen molar-refractivity contribution >= 4 is 11.8 Å². The maximum Gasteiger partial charge on any atom is 0.412 e. The lowest BCUT2D eigenvalue weighted by molar-refractivity contribution is 0.0636. The van der Waals surface area contributed by atoms with Crippen LogP contribution in [-0.2, 0) is 10.2 Å². The van der Waals surface area contributed by atoms with Crippen LogP contribution >= 0.6 is 0 Å². The number of aliphatic hydroxyl groups is 1. The summed E-state index contributed by atoms with van der Waals surface area (Å²) < 4.78 is 19.5. The van der Waals surface area contributed by atoms with Crippen LogP contribution in [0.4, 0.5) is 14.9 Å². The highest BCUT2D eigenvalue weighted by Crippen LogP contribution is 2.64. The van der Waals surface area contributed by atoms with Crippen LogP contribution in [0.1, 0.15) is 46.6 Å². The molecule has 1 aliphatic rings. The molecule has 0 aliphatic heterocycles. The fourth-order valence-electron chi connectivity index (χ4n) is 2.93. The lowest BCUT2D eigenvalue weighted by Gasteiger charge is -2.21. The second-order valence-corrected chi connectivity index (χ2v) is 7.62. The number of ether oxygens (including phenoxy) is 1. The summed E-state index contributed by atoms with van der Waals surface area (Å²) in [6.07, 6.45) is 0.120. The fraction of sp³-hybridized carbons (Fsp3) is 0.588. The number of hydrogen-bond donors (Lipinski definition) is 2. The monoisotopic (exact) mass is 309 g/mol. The van der Waals surface area contributed by atoms with Crippen molar-refractivity contribution in [3.05, 3.63) is 29.6 Å². The number of nitrogens with one attached hydrogen (secondary N) is 1. The lowest BCUT2D eigenvalue weighted by Crippen LogP contribution is -2.27. The molecule has 0 aromatic heterocycles. The number of benzene rings is 1. The van der Waals surface area contributed by atoms with Crippen LogP contribution in [0.25, 0.3) is 0 Å². The van der Waals surface area contributed by atoms with Gasteiger partial charge in [-0.1, -0.05) is 19.9 Å². The quantitative estimate of drug-likeness (QED) is 0.892. The first-order valence-electron chi connectivity index (χ1n) is 7.42. The molecule has 1 saturated carbocycles. The highest BCUT2D eigenvalue weighted by Gasteiger charge is 2.62. The average molecular weight is 309 g/mol. The molecule has 1 aliphatic carbocycles. The van der Waals surface area contributed by atoms with Crippen LogP contribution in [0.2, 0.25) is 0 Å². The Hall–Kier alpha value is -1.62. The maximum absolute atomic E-state index is 14.4. The number of amides is 1. The van der Waals surface area contributed by atoms with Gasteiger partial charge >= 0.3 is 6.09 Å². The van der Waals surface area contributed by atoms with Gasteiger partial charge in [0.1, 0.15) is 11.4 Å². The van der Waals surface area contributed by atoms with Crippen molar-refractivity contribution in [1.82, 2.24) is 0 Å². The van der Waals surface area contributed by atoms with E-state index in [1.54, 1.807) is 32.9 Å². The molecule has 1 fully saturated rings. The molecule has 2 N–H and O–H groups in total. The van der Waals surface area contributed by atoms with Crippen molar-refractivity contribution in [3.63, 3.8) is 0 Å². The van der Waals surface area contributed by atoms with E-state index in [0.29, 0.717) is 11.3 Å². The number of anilines is 1. The Morgan fingerprint density at radius 1 is 1.41 bits per heavy atom. The molecule has 1 unspecified atom stereocenters. The van der Waals surface area contributed by atoms with E-state index in [0.717, 1.165) is 6.42 Å². The fourth-order valence-corrected chi connectivity index (χ4v) is 2.93. The van der Waals surface area contributed by atoms with Crippen molar-refractivity contribution in [2.24, 2.45) is 5.41 Å². The molecular weight excluding hydrogens is 285 g/mol. The first-order chi connectivity index (χ1) is 10.0. The largest absolute Gasteiger partial charge is 0.444 e. The van der Waals surface area contributed by atoms with Crippen molar-refractivity contribution in [2.75, 3.05) is 11.9 Å². The van der Waals surface area contributed by atoms with Gasteiger partial charge in [-0.2, -0.15) is 0 Å². The molecule has 0 saturated heterocycles. The second-order valence-electron chi connectivity index (χ2n) is 7.62. The van der Waals surface area contributed by atoms with Crippen molar-refractivity contribution in [2.45, 2.75) is 52.1 Å². The minimum Gasteiger partial charge on any atom is -0.444 e. The smallest absolute Gasteiger partial charge is 0.412 e. The summed E-state index contributed by atoms with van der Waals surface area (Å²) >= 11 is 0. The first kappa shape index (κ1) is 16.7. The molecule has 22 heavy (non-hydrogen) atoms. The van der Waals surface area contributed by atoms with E-state index in [2.05, 4.69) is 5.32 Å². The summed E-state index contributed by atoms with van der Waals surface area (Å²) in [5.74, 6) is -0.423. The molecule has 0 spiro atoms. The van der Waals surface area contributed by atoms with Crippen LogP contribution in [0.5, 0.6) is 0 Å². The second kappa shape index (κ2) is 5.23. The van der Waals surface area contributed by atoms with Crippen LogP contribution in [0, 0.1) is 11.2 Å². The number of carbonyl (C=O) groups excluding carboxylic acids is 1. The topological polar surface area (TPSA) is 58.6 Å². The summed E-state index contributed by atoms with van der Waals surface area (Å²) in [6, 6.07) is 4.53. The molecule has 0 bridgehead atoms. The van der Waals surface area contributed by atoms with E-state index in [-0.39, 0.29) is 12.0 Å². The van der Waals surface area contributed by atoms with Gasteiger partial charge in [0.2, 0.25) is 0 Å². The first-order valence-corrected chi connectivity index (χ1v) is 7.42. The standard InChI is InChI=1S/C17H24FNO3/c1-15(2,3)22-14(21)19-11-6-7-12(13(18)8-11)17(10-20)9-16(17,4)5/h6-8,20H,9-10H2,1-5H3,(H,19,21). The predicted molar refractivity (Wildman–Crippen MR) is 83.4 cm³/mol. The third-order valence-electron chi connectivity index (χ3n) is 4.31. The molecule has 1 amide bonds. The number of halogens is 1. The molecule has 1 atom stereocenters. The molecule has 2 rings (SSSR count). The van der Waals surface area contributed by atoms with Gasteiger partial charge in [-0.3, -0.25) is 5.32 Å². The third kappa shape index (κ3) is 3.09. The zero-order valence-electron chi connectivity index (χ0n) is 13.8. The van der Waals surface area contributed by atoms with Gasteiger partial charge in [-0.25, -0.2) is 9.18 Å². The molecule has 0 radical (unpaired) electrons. The SMILES string of the molecule is CC(C)(C)OC(=O)Nc1ccc(C2(CO)CC2(C)C)c(F)c1. The van der Waals surface area contributed by atoms with E-state index >= 15 is 0 Å². The molecule has 1 aromatic carbocycles. The average Bonchev–Trinajstić information content (AvgIpc) is 2.90. The van der Waals surface area contributed by atoms with Crippen LogP contribution in [0.15, 0.2) is 18.2 Å². The Morgan fingerprint density at radius 2 is 2.00 bits per heavy atom. The Morgan fingerprint density at radius 3 is 2.41 bits per heavy atom. The minimum atomic E-state index is -0.622. The van der Waals surface area contributed by atoms with Crippen molar-refractivity contribution < 1.29 is 19.0 Å². The summed E-state index contributed by atoms with van der Waals surface area (Å²) in [6.45, 7) is 9.21. The van der Waals surface area contributed by atoms with Gasteiger partial charge in [0.15, 0.2) is 0 Å². The molecule has 5 heteroatoms. The van der Waals surface area contributed by atoms with Gasteiger partial charge < -0.3 is 9.84 Å². The van der Waals surface area contributed by atoms with Crippen molar-refractivity contribution in [3.8, 4) is 0 Å². The van der Waals surface area contributed by atoms with Gasteiger partial charge in [-0.15, -0.1) is 0 Å². The molecule has 4 nitrogen and oxygen atoms in total. The summed E-state index contributed by atoms with van der Waals surface area (Å²) in [7, 11) is 0. The lowest BCUT2D eigenvalue weighted by atomic mass is 9.88. The number of carbonyl (C=O) groups is 1. The van der Waals surface area contributed by atoms with Gasteiger partial charge in [0.25, 0.3) is 0 Å². The zero-order valence-corrected chi connectivity index (χ0v) is 13.8. The van der Waals surface area contributed by atoms with E-state index in [4.69, 9.17) is 4.74 Å². The Bertz CT molecular complexity index is 592. The minimum absolute atomic E-state index is 0.0875. The Balaban J connectivity index is 2.16. The molecule has 0 heterocycles. The van der Waals surface area contributed by atoms with Crippen molar-refractivity contribution in [1.29, 1.82) is 0 Å². The number of aliphatic hydroxyl groups excluding tert-OH is 1. The zero-order chi connectivity index (χ0) is 16.8.